The fourth-order valence-corrected chi connectivity index (χ4v) is 2.81. The molecule has 0 saturated carbocycles. The Bertz CT molecular complexity index is 670. The molecule has 21 heavy (non-hydrogen) atoms. The predicted octanol–water partition coefficient (Wildman–Crippen LogP) is -0.179. The Morgan fingerprint density at radius 1 is 1.52 bits per heavy atom. The van der Waals surface area contributed by atoms with Crippen LogP contribution in [0, 0.1) is 0 Å². The van der Waals surface area contributed by atoms with Crippen LogP contribution in [0.15, 0.2) is 18.9 Å². The van der Waals surface area contributed by atoms with Gasteiger partial charge in [0.05, 0.1) is 19.1 Å². The standard InChI is InChI=1S/C10H12FN4O5P/c11-7-8(20-21(17)18)6(2-16)19-10(7)15-4-14-5-1-12-3-13-9(5)15/h1,3-4,6-8,10,16,21H,2H2,(H,17,18)/t6-,7-,8-,10?/m1/s1. The van der Waals surface area contributed by atoms with E-state index in [-0.39, 0.29) is 0 Å². The topological polar surface area (TPSA) is 120 Å². The zero-order chi connectivity index (χ0) is 15.0. The summed E-state index contributed by atoms with van der Waals surface area (Å²) >= 11 is 0. The minimum atomic E-state index is -3.36. The van der Waals surface area contributed by atoms with Crippen molar-refractivity contribution in [2.75, 3.05) is 6.61 Å². The maximum absolute atomic E-state index is 14.5. The fourth-order valence-electron chi connectivity index (χ4n) is 2.29. The first kappa shape index (κ1) is 14.5. The lowest BCUT2D eigenvalue weighted by Gasteiger charge is -2.16. The molecule has 5 atom stereocenters. The number of ether oxygens (including phenoxy) is 1. The summed E-state index contributed by atoms with van der Waals surface area (Å²) in [5.41, 5.74) is 0.806. The van der Waals surface area contributed by atoms with Crippen LogP contribution in [0.1, 0.15) is 6.23 Å². The third-order valence-electron chi connectivity index (χ3n) is 3.20. The van der Waals surface area contributed by atoms with Gasteiger partial charge in [0.2, 0.25) is 0 Å². The molecule has 2 aromatic rings. The van der Waals surface area contributed by atoms with Gasteiger partial charge < -0.3 is 19.3 Å². The molecular weight excluding hydrogens is 306 g/mol. The Hall–Kier alpha value is -1.45. The number of aliphatic hydroxyl groups excluding tert-OH is 1. The first-order chi connectivity index (χ1) is 10.1. The molecule has 114 valence electrons. The van der Waals surface area contributed by atoms with Gasteiger partial charge in [-0.2, -0.15) is 0 Å². The molecule has 9 nitrogen and oxygen atoms in total. The summed E-state index contributed by atoms with van der Waals surface area (Å²) in [5, 5.41) is 9.20. The SMILES string of the molecule is O=[PH](O)O[C@@H]1[C@@H](CO)OC(n2cnc3cncnc32)[C@@H]1F. The molecule has 3 rings (SSSR count). The van der Waals surface area contributed by atoms with Gasteiger partial charge in [-0.25, -0.2) is 19.3 Å². The highest BCUT2D eigenvalue weighted by molar-refractivity contribution is 7.32. The van der Waals surface area contributed by atoms with Crippen LogP contribution < -0.4 is 0 Å². The molecule has 1 fully saturated rings. The zero-order valence-corrected chi connectivity index (χ0v) is 11.5. The molecule has 1 aliphatic heterocycles. The van der Waals surface area contributed by atoms with Crippen molar-refractivity contribution in [3.8, 4) is 0 Å². The molecule has 0 aliphatic carbocycles. The van der Waals surface area contributed by atoms with E-state index in [0.717, 1.165) is 0 Å². The second-order valence-electron chi connectivity index (χ2n) is 4.42. The van der Waals surface area contributed by atoms with Gasteiger partial charge in [0.25, 0.3) is 0 Å². The molecule has 2 N–H and O–H groups in total. The first-order valence-corrected chi connectivity index (χ1v) is 7.30. The number of imidazole rings is 1. The van der Waals surface area contributed by atoms with E-state index in [1.165, 1.54) is 23.4 Å². The largest absolute Gasteiger partial charge is 0.394 e. The summed E-state index contributed by atoms with van der Waals surface area (Å²) in [6, 6.07) is 0. The summed E-state index contributed by atoms with van der Waals surface area (Å²) in [7, 11) is -3.36. The van der Waals surface area contributed by atoms with E-state index < -0.39 is 39.5 Å². The van der Waals surface area contributed by atoms with Crippen molar-refractivity contribution in [1.29, 1.82) is 0 Å². The van der Waals surface area contributed by atoms with Gasteiger partial charge >= 0.3 is 8.25 Å². The number of nitrogens with zero attached hydrogens (tertiary/aromatic N) is 4. The average molecular weight is 318 g/mol. The molecule has 1 saturated heterocycles. The molecule has 0 radical (unpaired) electrons. The quantitative estimate of drug-likeness (QED) is 0.745. The summed E-state index contributed by atoms with van der Waals surface area (Å²) in [4.78, 5) is 20.6. The molecule has 3 heterocycles. The Labute approximate surface area is 118 Å². The molecule has 1 aliphatic rings. The number of aromatic nitrogens is 4. The van der Waals surface area contributed by atoms with E-state index in [2.05, 4.69) is 19.5 Å². The number of hydrogen-bond donors (Lipinski definition) is 2. The van der Waals surface area contributed by atoms with Crippen molar-refractivity contribution in [2.45, 2.75) is 24.6 Å². The summed E-state index contributed by atoms with van der Waals surface area (Å²) in [5.74, 6) is 0. The summed E-state index contributed by atoms with van der Waals surface area (Å²) in [6.45, 7) is -0.543. The second kappa shape index (κ2) is 5.74. The van der Waals surface area contributed by atoms with E-state index in [0.29, 0.717) is 11.2 Å². The lowest BCUT2D eigenvalue weighted by Crippen LogP contribution is -2.32. The van der Waals surface area contributed by atoms with Crippen LogP contribution in [0.25, 0.3) is 11.2 Å². The molecular formula is C10H12FN4O5P. The van der Waals surface area contributed by atoms with Crippen LogP contribution in [-0.2, 0) is 13.8 Å². The molecule has 0 amide bonds. The van der Waals surface area contributed by atoms with Crippen LogP contribution in [0.4, 0.5) is 4.39 Å². The van der Waals surface area contributed by atoms with Gasteiger partial charge in [0.15, 0.2) is 18.0 Å². The predicted molar refractivity (Wildman–Crippen MR) is 67.3 cm³/mol. The third kappa shape index (κ3) is 2.56. The van der Waals surface area contributed by atoms with Crippen LogP contribution in [0.2, 0.25) is 0 Å². The highest BCUT2D eigenvalue weighted by Gasteiger charge is 2.48. The number of hydrogen-bond acceptors (Lipinski definition) is 7. The third-order valence-corrected chi connectivity index (χ3v) is 3.67. The lowest BCUT2D eigenvalue weighted by atomic mass is 10.1. The molecule has 2 aromatic heterocycles. The van der Waals surface area contributed by atoms with Gasteiger partial charge in [-0.15, -0.1) is 0 Å². The van der Waals surface area contributed by atoms with Crippen molar-refractivity contribution in [1.82, 2.24) is 19.5 Å². The fraction of sp³-hybridized carbons (Fsp3) is 0.500. The normalized spacial score (nSPS) is 30.8. The number of alkyl halides is 1. The van der Waals surface area contributed by atoms with Crippen molar-refractivity contribution >= 4 is 19.4 Å². The van der Waals surface area contributed by atoms with E-state index in [9.17, 15) is 14.1 Å². The van der Waals surface area contributed by atoms with Crippen molar-refractivity contribution in [2.24, 2.45) is 0 Å². The van der Waals surface area contributed by atoms with E-state index >= 15 is 0 Å². The van der Waals surface area contributed by atoms with Gasteiger partial charge in [0, 0.05) is 0 Å². The molecule has 0 bridgehead atoms. The average Bonchev–Trinajstić information content (AvgIpc) is 3.01. The molecule has 2 unspecified atom stereocenters. The number of fused-ring (bicyclic) bond motifs is 1. The van der Waals surface area contributed by atoms with Gasteiger partial charge in [-0.05, 0) is 0 Å². The maximum Gasteiger partial charge on any atom is 0.317 e. The number of halogens is 1. The number of aliphatic hydroxyl groups is 1. The van der Waals surface area contributed by atoms with Crippen LogP contribution in [0.5, 0.6) is 0 Å². The monoisotopic (exact) mass is 318 g/mol. The Morgan fingerprint density at radius 2 is 2.33 bits per heavy atom. The Balaban J connectivity index is 1.94. The van der Waals surface area contributed by atoms with E-state index in [1.807, 2.05) is 0 Å². The van der Waals surface area contributed by atoms with Crippen molar-refractivity contribution in [3.05, 3.63) is 18.9 Å². The second-order valence-corrected chi connectivity index (χ2v) is 5.19. The molecule has 11 heteroatoms. The molecule has 0 spiro atoms. The number of rotatable bonds is 4. The minimum Gasteiger partial charge on any atom is -0.394 e. The van der Waals surface area contributed by atoms with Gasteiger partial charge in [-0.1, -0.05) is 0 Å². The highest BCUT2D eigenvalue weighted by Crippen LogP contribution is 2.38. The van der Waals surface area contributed by atoms with Crippen molar-refractivity contribution < 1.29 is 28.2 Å². The summed E-state index contributed by atoms with van der Waals surface area (Å²) in [6.07, 6.45) is -1.22. The van der Waals surface area contributed by atoms with Crippen LogP contribution in [0.3, 0.4) is 0 Å². The van der Waals surface area contributed by atoms with E-state index in [1.54, 1.807) is 0 Å². The van der Waals surface area contributed by atoms with Crippen LogP contribution >= 0.6 is 8.25 Å². The van der Waals surface area contributed by atoms with Crippen molar-refractivity contribution in [3.63, 3.8) is 0 Å². The minimum absolute atomic E-state index is 0.353. The zero-order valence-electron chi connectivity index (χ0n) is 10.5. The van der Waals surface area contributed by atoms with Crippen LogP contribution in [-0.4, -0.2) is 54.5 Å². The van der Waals surface area contributed by atoms with E-state index in [4.69, 9.17) is 9.63 Å². The lowest BCUT2D eigenvalue weighted by molar-refractivity contribution is -0.0436. The smallest absolute Gasteiger partial charge is 0.317 e. The van der Waals surface area contributed by atoms with Gasteiger partial charge in [0.1, 0.15) is 24.1 Å². The van der Waals surface area contributed by atoms with Gasteiger partial charge in [-0.3, -0.25) is 9.13 Å². The molecule has 0 aromatic carbocycles. The first-order valence-electron chi connectivity index (χ1n) is 6.04. The Kier molecular flexibility index (Phi) is 3.96. The highest BCUT2D eigenvalue weighted by atomic mass is 31.1. The maximum atomic E-state index is 14.5. The Morgan fingerprint density at radius 3 is 3.05 bits per heavy atom. The summed E-state index contributed by atoms with van der Waals surface area (Å²) < 4.78 is 36.6.